The lowest BCUT2D eigenvalue weighted by Crippen LogP contribution is -1.92. The molecule has 0 N–H and O–H groups in total. The summed E-state index contributed by atoms with van der Waals surface area (Å²) in [6, 6.07) is 17.0. The van der Waals surface area contributed by atoms with E-state index in [0.717, 1.165) is 5.56 Å². The molecule has 0 saturated heterocycles. The maximum Gasteiger partial charge on any atom is 0.236 e. The van der Waals surface area contributed by atoms with Crippen LogP contribution in [0.4, 0.5) is 0 Å². The molecule has 0 heterocycles. The van der Waals surface area contributed by atoms with Crippen molar-refractivity contribution in [3.63, 3.8) is 0 Å². The molecule has 0 aromatic heterocycles. The van der Waals surface area contributed by atoms with E-state index in [9.17, 15) is 4.79 Å². The Hall–Kier alpha value is -3.03. The van der Waals surface area contributed by atoms with Crippen LogP contribution in [0.15, 0.2) is 66.7 Å². The van der Waals surface area contributed by atoms with Gasteiger partial charge in [0.2, 0.25) is 5.78 Å². The molecule has 1 nitrogen and oxygen atoms in total. The number of allylic oxidation sites excluding steroid dienone is 2. The molecule has 0 fully saturated rings. The van der Waals surface area contributed by atoms with E-state index in [4.69, 9.17) is 0 Å². The van der Waals surface area contributed by atoms with E-state index < -0.39 is 0 Å². The number of hydrogen-bond acceptors (Lipinski definition) is 1. The first-order valence-electron chi connectivity index (χ1n) is 6.60. The first-order chi connectivity index (χ1) is 10.3. The highest BCUT2D eigenvalue weighted by Crippen LogP contribution is 2.01. The van der Waals surface area contributed by atoms with Gasteiger partial charge in [-0.3, -0.25) is 4.79 Å². The van der Waals surface area contributed by atoms with Crippen LogP contribution in [0.1, 0.15) is 21.5 Å². The minimum absolute atomic E-state index is 0.188. The van der Waals surface area contributed by atoms with E-state index in [2.05, 4.69) is 23.7 Å². The molecule has 0 atom stereocenters. The molecule has 0 aliphatic rings. The molecular formula is C20H14O. The summed E-state index contributed by atoms with van der Waals surface area (Å²) in [5.41, 5.74) is 2.75. The van der Waals surface area contributed by atoms with E-state index >= 15 is 0 Å². The number of Topliss-reactive ketones (excluding diaryl/α,β-unsaturated/α-hetero) is 1. The fraction of sp³-hybridized carbons (Fsp3) is 0.0500. The van der Waals surface area contributed by atoms with Gasteiger partial charge in [-0.15, -0.1) is 0 Å². The second kappa shape index (κ2) is 7.53. The van der Waals surface area contributed by atoms with Gasteiger partial charge in [-0.05, 0) is 42.7 Å². The van der Waals surface area contributed by atoms with Crippen LogP contribution in [0.3, 0.4) is 0 Å². The van der Waals surface area contributed by atoms with Gasteiger partial charge in [0.15, 0.2) is 0 Å². The van der Waals surface area contributed by atoms with Crippen molar-refractivity contribution in [2.24, 2.45) is 0 Å². The summed E-state index contributed by atoms with van der Waals surface area (Å²) in [6.07, 6.45) is 3.23. The molecule has 2 aromatic carbocycles. The Kier molecular flexibility index (Phi) is 5.16. The third-order valence-electron chi connectivity index (χ3n) is 2.71. The zero-order chi connectivity index (χ0) is 14.9. The Morgan fingerprint density at radius 1 is 0.952 bits per heavy atom. The Labute approximate surface area is 125 Å². The summed E-state index contributed by atoms with van der Waals surface area (Å²) in [7, 11) is 0. The number of rotatable bonds is 1. The van der Waals surface area contributed by atoms with Crippen LogP contribution in [0.2, 0.25) is 0 Å². The van der Waals surface area contributed by atoms with Gasteiger partial charge in [0.05, 0.1) is 0 Å². The average Bonchev–Trinajstić information content (AvgIpc) is 2.51. The Morgan fingerprint density at radius 3 is 2.48 bits per heavy atom. The molecule has 0 radical (unpaired) electrons. The third kappa shape index (κ3) is 4.86. The second-order valence-electron chi connectivity index (χ2n) is 4.44. The highest BCUT2D eigenvalue weighted by molar-refractivity contribution is 6.09. The molecular weight excluding hydrogens is 256 g/mol. The van der Waals surface area contributed by atoms with Gasteiger partial charge in [0.1, 0.15) is 0 Å². The van der Waals surface area contributed by atoms with Gasteiger partial charge in [-0.1, -0.05) is 60.2 Å². The molecule has 0 spiro atoms. The van der Waals surface area contributed by atoms with E-state index in [1.807, 2.05) is 49.4 Å². The summed E-state index contributed by atoms with van der Waals surface area (Å²) in [4.78, 5) is 11.7. The van der Waals surface area contributed by atoms with Crippen molar-refractivity contribution in [3.8, 4) is 23.7 Å². The lowest BCUT2D eigenvalue weighted by atomic mass is 10.1. The zero-order valence-electron chi connectivity index (χ0n) is 11.8. The van der Waals surface area contributed by atoms with E-state index in [-0.39, 0.29) is 5.78 Å². The normalized spacial score (nSPS) is 9.38. The summed E-state index contributed by atoms with van der Waals surface area (Å²) >= 11 is 0. The number of ketones is 1. The molecule has 21 heavy (non-hydrogen) atoms. The fourth-order valence-corrected chi connectivity index (χ4v) is 1.70. The van der Waals surface area contributed by atoms with Crippen LogP contribution < -0.4 is 0 Å². The van der Waals surface area contributed by atoms with Gasteiger partial charge in [0, 0.05) is 11.1 Å². The lowest BCUT2D eigenvalue weighted by molar-refractivity contribution is 0.105. The van der Waals surface area contributed by atoms with Gasteiger partial charge >= 0.3 is 0 Å². The molecule has 0 aliphatic heterocycles. The Morgan fingerprint density at radius 2 is 1.71 bits per heavy atom. The number of carbonyl (C=O) groups excluding carboxylic acids is 1. The molecule has 2 rings (SSSR count). The van der Waals surface area contributed by atoms with Crippen molar-refractivity contribution in [2.75, 3.05) is 0 Å². The second-order valence-corrected chi connectivity index (χ2v) is 4.44. The minimum Gasteiger partial charge on any atom is -0.279 e. The average molecular weight is 270 g/mol. The molecule has 100 valence electrons. The topological polar surface area (TPSA) is 17.1 Å². The van der Waals surface area contributed by atoms with Crippen LogP contribution in [-0.2, 0) is 0 Å². The lowest BCUT2D eigenvalue weighted by Gasteiger charge is -1.91. The van der Waals surface area contributed by atoms with Crippen LogP contribution in [0, 0.1) is 30.6 Å². The van der Waals surface area contributed by atoms with Gasteiger partial charge < -0.3 is 0 Å². The maximum absolute atomic E-state index is 11.7. The first kappa shape index (κ1) is 14.4. The molecule has 2 aromatic rings. The summed E-state index contributed by atoms with van der Waals surface area (Å²) in [6.45, 7) is 2.03. The maximum atomic E-state index is 11.7. The molecule has 0 aliphatic carbocycles. The molecule has 1 heteroatoms. The van der Waals surface area contributed by atoms with E-state index in [1.54, 1.807) is 24.3 Å². The predicted molar refractivity (Wildman–Crippen MR) is 85.7 cm³/mol. The van der Waals surface area contributed by atoms with Crippen LogP contribution in [-0.4, -0.2) is 5.78 Å². The molecule has 0 unspecified atom stereocenters. The first-order valence-corrected chi connectivity index (χ1v) is 6.60. The molecule has 0 saturated carbocycles. The highest BCUT2D eigenvalue weighted by Gasteiger charge is 1.97. The monoisotopic (exact) mass is 270 g/mol. The van der Waals surface area contributed by atoms with Crippen LogP contribution in [0.5, 0.6) is 0 Å². The van der Waals surface area contributed by atoms with Crippen molar-refractivity contribution >= 4 is 5.78 Å². The van der Waals surface area contributed by atoms with Gasteiger partial charge in [-0.25, -0.2) is 0 Å². The van der Waals surface area contributed by atoms with Gasteiger partial charge in [-0.2, -0.15) is 0 Å². The SMILES string of the molecule is Cc1cccc(C#C/C=C\C#CC(=O)c2ccccc2)c1. The summed E-state index contributed by atoms with van der Waals surface area (Å²) in [5.74, 6) is 11.0. The predicted octanol–water partition coefficient (Wildman–Crippen LogP) is 3.79. The third-order valence-corrected chi connectivity index (χ3v) is 2.71. The van der Waals surface area contributed by atoms with E-state index in [0.29, 0.717) is 5.56 Å². The zero-order valence-corrected chi connectivity index (χ0v) is 11.8. The Balaban J connectivity index is 1.96. The standard InChI is InChI=1S/C20H14O/c1-17-10-9-12-18(16-17)11-5-2-3-8-15-20(21)19-13-6-4-7-14-19/h2-4,6-7,9-10,12-14,16H,1H3/b3-2-. The van der Waals surface area contributed by atoms with E-state index in [1.165, 1.54) is 5.56 Å². The Bertz CT molecular complexity index is 775. The number of carbonyl (C=O) groups is 1. The summed E-state index contributed by atoms with van der Waals surface area (Å²) < 4.78 is 0. The number of benzene rings is 2. The van der Waals surface area contributed by atoms with Crippen molar-refractivity contribution in [1.82, 2.24) is 0 Å². The van der Waals surface area contributed by atoms with Crippen molar-refractivity contribution in [3.05, 3.63) is 83.4 Å². The minimum atomic E-state index is -0.188. The smallest absolute Gasteiger partial charge is 0.236 e. The quantitative estimate of drug-likeness (QED) is 0.438. The summed E-state index contributed by atoms with van der Waals surface area (Å²) in [5, 5.41) is 0. The molecule has 0 bridgehead atoms. The highest BCUT2D eigenvalue weighted by atomic mass is 16.1. The largest absolute Gasteiger partial charge is 0.279 e. The van der Waals surface area contributed by atoms with Crippen LogP contribution in [0.25, 0.3) is 0 Å². The fourth-order valence-electron chi connectivity index (χ4n) is 1.70. The number of hydrogen-bond donors (Lipinski definition) is 0. The van der Waals surface area contributed by atoms with Crippen molar-refractivity contribution in [2.45, 2.75) is 6.92 Å². The van der Waals surface area contributed by atoms with Gasteiger partial charge in [0.25, 0.3) is 0 Å². The van der Waals surface area contributed by atoms with Crippen LogP contribution >= 0.6 is 0 Å². The van der Waals surface area contributed by atoms with Crippen molar-refractivity contribution < 1.29 is 4.79 Å². The number of aryl methyl sites for hydroxylation is 1. The molecule has 0 amide bonds. The van der Waals surface area contributed by atoms with Crippen molar-refractivity contribution in [1.29, 1.82) is 0 Å².